The van der Waals surface area contributed by atoms with Gasteiger partial charge in [-0.1, -0.05) is 34.8 Å². The number of Topliss-reactive ketones (excluding diaryl/α,β-unsaturated/α-hetero) is 1. The predicted molar refractivity (Wildman–Crippen MR) is 129 cm³/mol. The molecule has 31 heavy (non-hydrogen) atoms. The van der Waals surface area contributed by atoms with Crippen molar-refractivity contribution in [3.8, 4) is 0 Å². The third-order valence-corrected chi connectivity index (χ3v) is 6.93. The van der Waals surface area contributed by atoms with Crippen molar-refractivity contribution in [3.05, 3.63) is 60.9 Å². The number of carbonyl (C=O) groups excluding carboxylic acids is 2. The fourth-order valence-electron chi connectivity index (χ4n) is 3.33. The number of nitrogens with two attached hydrogens (primary N) is 1. The van der Waals surface area contributed by atoms with E-state index in [1.54, 1.807) is 49.1 Å². The van der Waals surface area contributed by atoms with Crippen molar-refractivity contribution in [3.63, 3.8) is 0 Å². The lowest BCUT2D eigenvalue weighted by atomic mass is 9.97. The van der Waals surface area contributed by atoms with Gasteiger partial charge in [0.1, 0.15) is 5.92 Å². The zero-order chi connectivity index (χ0) is 22.7. The number of halogens is 3. The van der Waals surface area contributed by atoms with Crippen LogP contribution in [0.1, 0.15) is 31.6 Å². The molecule has 5 nitrogen and oxygen atoms in total. The maximum atomic E-state index is 13.0. The third-order valence-electron chi connectivity index (χ3n) is 5.15. The highest BCUT2D eigenvalue weighted by atomic mass is 35.5. The Balaban J connectivity index is 2.01. The van der Waals surface area contributed by atoms with E-state index < -0.39 is 11.7 Å². The molecule has 3 rings (SSSR count). The van der Waals surface area contributed by atoms with E-state index in [-0.39, 0.29) is 11.6 Å². The second-order valence-corrected chi connectivity index (χ2v) is 9.88. The van der Waals surface area contributed by atoms with Gasteiger partial charge in [-0.3, -0.25) is 9.59 Å². The Morgan fingerprint density at radius 1 is 1.13 bits per heavy atom. The molecule has 1 saturated heterocycles. The van der Waals surface area contributed by atoms with Crippen LogP contribution in [0.5, 0.6) is 0 Å². The molecule has 0 aliphatic carbocycles. The summed E-state index contributed by atoms with van der Waals surface area (Å²) in [4.78, 5) is 32.8. The van der Waals surface area contributed by atoms with E-state index in [1.165, 1.54) is 11.3 Å². The first-order chi connectivity index (χ1) is 14.7. The summed E-state index contributed by atoms with van der Waals surface area (Å²) in [6.45, 7) is 4.65. The van der Waals surface area contributed by atoms with Crippen LogP contribution in [-0.2, 0) is 9.59 Å². The number of nitrogens with zero attached hydrogens (tertiary/aromatic N) is 2. The van der Waals surface area contributed by atoms with Crippen LogP contribution < -0.4 is 5.73 Å². The molecule has 1 unspecified atom stereocenters. The summed E-state index contributed by atoms with van der Waals surface area (Å²) in [5.74, 6) is -1.48. The highest BCUT2D eigenvalue weighted by molar-refractivity contribution is 7.18. The second-order valence-electron chi connectivity index (χ2n) is 7.32. The van der Waals surface area contributed by atoms with Gasteiger partial charge in [0.05, 0.1) is 31.3 Å². The molecule has 0 bridgehead atoms. The standard InChI is InChI=1S/C22H22Cl3N3O2S/c1-12(19(26)21(29)13(2)22(30)28-9-3-4-10-28)20(17-7-8-18(25)31-17)27-16-6-5-14(23)11-15(16)24/h5-8,11,13H,3-4,9-10,26H2,1-2H3/b19-12-,27-20?. The minimum absolute atomic E-state index is 0.00611. The molecule has 1 aromatic carbocycles. The Labute approximate surface area is 200 Å². The number of thiophene rings is 1. The van der Waals surface area contributed by atoms with E-state index in [9.17, 15) is 9.59 Å². The molecule has 9 heteroatoms. The summed E-state index contributed by atoms with van der Waals surface area (Å²) in [5.41, 5.74) is 7.65. The molecule has 1 amide bonds. The average molecular weight is 499 g/mol. The van der Waals surface area contributed by atoms with E-state index in [4.69, 9.17) is 40.5 Å². The number of aliphatic imine (C=N–C) groups is 1. The lowest BCUT2D eigenvalue weighted by Gasteiger charge is -2.20. The highest BCUT2D eigenvalue weighted by Gasteiger charge is 2.30. The molecular formula is C22H22Cl3N3O2S. The number of carbonyl (C=O) groups is 2. The Hall–Kier alpha value is -1.86. The van der Waals surface area contributed by atoms with Crippen molar-refractivity contribution in [2.75, 3.05) is 13.1 Å². The van der Waals surface area contributed by atoms with Crippen molar-refractivity contribution < 1.29 is 9.59 Å². The molecule has 1 aliphatic rings. The van der Waals surface area contributed by atoms with Crippen molar-refractivity contribution in [1.29, 1.82) is 0 Å². The molecule has 1 aliphatic heterocycles. The monoisotopic (exact) mass is 497 g/mol. The predicted octanol–water partition coefficient (Wildman–Crippen LogP) is 5.89. The van der Waals surface area contributed by atoms with Crippen LogP contribution in [0.4, 0.5) is 5.69 Å². The molecular weight excluding hydrogens is 477 g/mol. The van der Waals surface area contributed by atoms with E-state index in [0.717, 1.165) is 17.7 Å². The number of amides is 1. The number of ketones is 1. The number of allylic oxidation sites excluding steroid dienone is 2. The van der Waals surface area contributed by atoms with Gasteiger partial charge in [-0.25, -0.2) is 4.99 Å². The van der Waals surface area contributed by atoms with Gasteiger partial charge in [-0.15, -0.1) is 11.3 Å². The van der Waals surface area contributed by atoms with E-state index in [0.29, 0.717) is 44.4 Å². The minimum atomic E-state index is -0.861. The molecule has 0 radical (unpaired) electrons. The van der Waals surface area contributed by atoms with E-state index in [1.807, 2.05) is 0 Å². The maximum Gasteiger partial charge on any atom is 0.233 e. The Morgan fingerprint density at radius 3 is 2.39 bits per heavy atom. The summed E-state index contributed by atoms with van der Waals surface area (Å²) < 4.78 is 0.570. The Morgan fingerprint density at radius 2 is 1.81 bits per heavy atom. The second kappa shape index (κ2) is 10.2. The fraction of sp³-hybridized carbons (Fsp3) is 0.318. The van der Waals surface area contributed by atoms with Crippen LogP contribution in [-0.4, -0.2) is 35.4 Å². The largest absolute Gasteiger partial charge is 0.396 e. The zero-order valence-electron chi connectivity index (χ0n) is 17.1. The number of hydrogen-bond donors (Lipinski definition) is 1. The molecule has 1 fully saturated rings. The summed E-state index contributed by atoms with van der Waals surface area (Å²) in [7, 11) is 0. The summed E-state index contributed by atoms with van der Waals surface area (Å²) in [6.07, 6.45) is 1.91. The Kier molecular flexibility index (Phi) is 7.81. The summed E-state index contributed by atoms with van der Waals surface area (Å²) in [6, 6.07) is 8.49. The normalized spacial score (nSPS) is 16.3. The van der Waals surface area contributed by atoms with Crippen molar-refractivity contribution in [1.82, 2.24) is 4.90 Å². The molecule has 2 heterocycles. The molecule has 164 valence electrons. The Bertz CT molecular complexity index is 1070. The van der Waals surface area contributed by atoms with Gasteiger partial charge in [-0.2, -0.15) is 0 Å². The third kappa shape index (κ3) is 5.50. The van der Waals surface area contributed by atoms with E-state index in [2.05, 4.69) is 4.99 Å². The molecule has 1 atom stereocenters. The lowest BCUT2D eigenvalue weighted by molar-refractivity contribution is -0.138. The number of benzene rings is 1. The van der Waals surface area contributed by atoms with Gasteiger partial charge in [0.25, 0.3) is 0 Å². The first-order valence-electron chi connectivity index (χ1n) is 9.78. The smallest absolute Gasteiger partial charge is 0.233 e. The van der Waals surface area contributed by atoms with Crippen LogP contribution in [0.15, 0.2) is 46.6 Å². The summed E-state index contributed by atoms with van der Waals surface area (Å²) in [5, 5.41) is 0.851. The molecule has 2 N–H and O–H groups in total. The highest BCUT2D eigenvalue weighted by Crippen LogP contribution is 2.32. The van der Waals surface area contributed by atoms with Crippen LogP contribution >= 0.6 is 46.1 Å². The molecule has 1 aromatic heterocycles. The molecule has 2 aromatic rings. The van der Waals surface area contributed by atoms with Crippen LogP contribution in [0.25, 0.3) is 0 Å². The first-order valence-corrected chi connectivity index (χ1v) is 11.7. The van der Waals surface area contributed by atoms with Crippen molar-refractivity contribution in [2.24, 2.45) is 16.6 Å². The summed E-state index contributed by atoms with van der Waals surface area (Å²) >= 11 is 19.7. The topological polar surface area (TPSA) is 75.8 Å². The van der Waals surface area contributed by atoms with Gasteiger partial charge in [-0.05, 0) is 57.0 Å². The average Bonchev–Trinajstić information content (AvgIpc) is 3.42. The molecule has 0 spiro atoms. The quantitative estimate of drug-likeness (QED) is 0.306. The zero-order valence-corrected chi connectivity index (χ0v) is 20.2. The number of rotatable bonds is 6. The van der Waals surface area contributed by atoms with Crippen LogP contribution in [0.2, 0.25) is 14.4 Å². The first kappa shape index (κ1) is 23.8. The van der Waals surface area contributed by atoms with Crippen LogP contribution in [0, 0.1) is 5.92 Å². The van der Waals surface area contributed by atoms with Gasteiger partial charge in [0, 0.05) is 23.7 Å². The minimum Gasteiger partial charge on any atom is -0.396 e. The number of hydrogen-bond acceptors (Lipinski definition) is 5. The van der Waals surface area contributed by atoms with Crippen molar-refractivity contribution in [2.45, 2.75) is 26.7 Å². The van der Waals surface area contributed by atoms with Gasteiger partial charge < -0.3 is 10.6 Å². The van der Waals surface area contributed by atoms with Crippen molar-refractivity contribution >= 4 is 69.2 Å². The lowest BCUT2D eigenvalue weighted by Crippen LogP contribution is -2.38. The van der Waals surface area contributed by atoms with Crippen LogP contribution in [0.3, 0.4) is 0 Å². The van der Waals surface area contributed by atoms with Gasteiger partial charge in [0.15, 0.2) is 5.78 Å². The number of likely N-dealkylation sites (tertiary alicyclic amines) is 1. The fourth-order valence-corrected chi connectivity index (χ4v) is 4.87. The SMILES string of the molecule is C/C(C(=Nc1ccc(Cl)cc1Cl)c1ccc(Cl)s1)=C(/N)C(=O)C(C)C(=O)N1CCCC1. The molecule has 0 saturated carbocycles. The van der Waals surface area contributed by atoms with Gasteiger partial charge in [0.2, 0.25) is 5.91 Å². The maximum absolute atomic E-state index is 13.0. The van der Waals surface area contributed by atoms with Gasteiger partial charge >= 0.3 is 0 Å². The van der Waals surface area contributed by atoms with E-state index >= 15 is 0 Å².